The minimum absolute atomic E-state index is 0.196. The fraction of sp³-hybridized carbons (Fsp3) is 0.312. The van der Waals surface area contributed by atoms with Gasteiger partial charge in [0.1, 0.15) is 0 Å². The monoisotopic (exact) mass is 353 g/mol. The summed E-state index contributed by atoms with van der Waals surface area (Å²) in [5, 5.41) is 6.41. The third-order valence-electron chi connectivity index (χ3n) is 2.70. The molecular formula is C16H20ClN3O4. The van der Waals surface area contributed by atoms with Gasteiger partial charge in [0.2, 0.25) is 0 Å². The number of hydrazone groups is 1. The summed E-state index contributed by atoms with van der Waals surface area (Å²) < 4.78 is 10.8. The van der Waals surface area contributed by atoms with E-state index in [2.05, 4.69) is 22.4 Å². The van der Waals surface area contributed by atoms with Gasteiger partial charge in [-0.1, -0.05) is 24.6 Å². The number of nitrogens with zero attached hydrogens (tertiary/aromatic N) is 1. The summed E-state index contributed by atoms with van der Waals surface area (Å²) in [7, 11) is 1.50. The zero-order chi connectivity index (χ0) is 17.9. The molecule has 0 aliphatic carbocycles. The summed E-state index contributed by atoms with van der Waals surface area (Å²) in [6.45, 7) is 6.12. The first-order valence-electron chi connectivity index (χ1n) is 7.25. The van der Waals surface area contributed by atoms with E-state index in [1.807, 2.05) is 6.92 Å². The lowest BCUT2D eigenvalue weighted by atomic mass is 10.2. The summed E-state index contributed by atoms with van der Waals surface area (Å²) in [4.78, 5) is 22.8. The number of hydrogen-bond donors (Lipinski definition) is 2. The first kappa shape index (κ1) is 19.5. The Morgan fingerprint density at radius 3 is 2.75 bits per heavy atom. The molecule has 0 radical (unpaired) electrons. The Kier molecular flexibility index (Phi) is 8.35. The highest BCUT2D eigenvalue weighted by molar-refractivity contribution is 6.35. The van der Waals surface area contributed by atoms with Gasteiger partial charge >= 0.3 is 11.8 Å². The topological polar surface area (TPSA) is 89.0 Å². The summed E-state index contributed by atoms with van der Waals surface area (Å²) in [5.74, 6) is -0.779. The third-order valence-corrected chi connectivity index (χ3v) is 2.98. The van der Waals surface area contributed by atoms with Gasteiger partial charge < -0.3 is 14.8 Å². The van der Waals surface area contributed by atoms with Crippen LogP contribution >= 0.6 is 11.6 Å². The first-order valence-corrected chi connectivity index (χ1v) is 7.63. The average molecular weight is 354 g/mol. The molecule has 8 heteroatoms. The van der Waals surface area contributed by atoms with E-state index in [-0.39, 0.29) is 6.54 Å². The van der Waals surface area contributed by atoms with E-state index in [0.29, 0.717) is 28.7 Å². The van der Waals surface area contributed by atoms with Crippen molar-refractivity contribution in [2.45, 2.75) is 13.3 Å². The maximum absolute atomic E-state index is 11.5. The van der Waals surface area contributed by atoms with Crippen molar-refractivity contribution < 1.29 is 19.1 Å². The predicted octanol–water partition coefficient (Wildman–Crippen LogP) is 1.89. The zero-order valence-corrected chi connectivity index (χ0v) is 14.4. The van der Waals surface area contributed by atoms with E-state index in [0.717, 1.165) is 6.42 Å². The van der Waals surface area contributed by atoms with Gasteiger partial charge in [-0.05, 0) is 24.1 Å². The second-order valence-electron chi connectivity index (χ2n) is 4.58. The number of nitrogens with one attached hydrogen (secondary N) is 2. The standard InChI is InChI=1S/C16H20ClN3O4/c1-4-6-18-15(21)16(22)20-19-10-11-8-12(17)14(24-7-5-2)13(9-11)23-3/h4,8-10H,1,5-7H2,2-3H3,(H,18,21)(H,20,22)/b19-10-. The molecule has 1 aromatic carbocycles. The molecule has 130 valence electrons. The number of methoxy groups -OCH3 is 1. The second kappa shape index (κ2) is 10.3. The van der Waals surface area contributed by atoms with Gasteiger partial charge in [0.15, 0.2) is 11.5 Å². The Balaban J connectivity index is 2.77. The van der Waals surface area contributed by atoms with Crippen LogP contribution in [0.15, 0.2) is 29.9 Å². The lowest BCUT2D eigenvalue weighted by molar-refractivity contribution is -0.139. The van der Waals surface area contributed by atoms with Crippen molar-refractivity contribution in [2.24, 2.45) is 5.10 Å². The molecule has 0 saturated heterocycles. The summed E-state index contributed by atoms with van der Waals surface area (Å²) in [5.41, 5.74) is 2.69. The summed E-state index contributed by atoms with van der Waals surface area (Å²) in [6, 6.07) is 3.27. The highest BCUT2D eigenvalue weighted by atomic mass is 35.5. The molecule has 1 rings (SSSR count). The van der Waals surface area contributed by atoms with E-state index >= 15 is 0 Å². The van der Waals surface area contributed by atoms with Gasteiger partial charge in [-0.15, -0.1) is 6.58 Å². The average Bonchev–Trinajstić information content (AvgIpc) is 2.58. The van der Waals surface area contributed by atoms with Crippen LogP contribution in [-0.2, 0) is 9.59 Å². The molecule has 0 bridgehead atoms. The fourth-order valence-electron chi connectivity index (χ4n) is 1.62. The van der Waals surface area contributed by atoms with Crippen molar-refractivity contribution in [1.82, 2.24) is 10.7 Å². The largest absolute Gasteiger partial charge is 0.493 e. The van der Waals surface area contributed by atoms with E-state index in [1.165, 1.54) is 19.4 Å². The Hall–Kier alpha value is -2.54. The molecule has 0 heterocycles. The van der Waals surface area contributed by atoms with Crippen molar-refractivity contribution in [3.8, 4) is 11.5 Å². The molecule has 24 heavy (non-hydrogen) atoms. The molecule has 2 amide bonds. The lowest BCUT2D eigenvalue weighted by Crippen LogP contribution is -2.37. The molecule has 0 aromatic heterocycles. The Morgan fingerprint density at radius 2 is 2.12 bits per heavy atom. The van der Waals surface area contributed by atoms with Crippen molar-refractivity contribution in [3.63, 3.8) is 0 Å². The second-order valence-corrected chi connectivity index (χ2v) is 4.99. The highest BCUT2D eigenvalue weighted by Crippen LogP contribution is 2.36. The lowest BCUT2D eigenvalue weighted by Gasteiger charge is -2.12. The van der Waals surface area contributed by atoms with Gasteiger partial charge in [-0.3, -0.25) is 9.59 Å². The number of amides is 2. The predicted molar refractivity (Wildman–Crippen MR) is 92.7 cm³/mol. The maximum Gasteiger partial charge on any atom is 0.329 e. The Morgan fingerprint density at radius 1 is 1.38 bits per heavy atom. The number of ether oxygens (including phenoxy) is 2. The number of rotatable bonds is 8. The molecule has 0 atom stereocenters. The van der Waals surface area contributed by atoms with E-state index in [1.54, 1.807) is 12.1 Å². The molecule has 0 spiro atoms. The van der Waals surface area contributed by atoms with Crippen molar-refractivity contribution >= 4 is 29.6 Å². The van der Waals surface area contributed by atoms with E-state index < -0.39 is 11.8 Å². The number of benzene rings is 1. The number of hydrogen-bond acceptors (Lipinski definition) is 5. The normalized spacial score (nSPS) is 10.3. The number of carbonyl (C=O) groups excluding carboxylic acids is 2. The minimum atomic E-state index is -0.880. The van der Waals surface area contributed by atoms with Crippen molar-refractivity contribution in [2.75, 3.05) is 20.3 Å². The quantitative estimate of drug-likeness (QED) is 0.323. The number of halogens is 1. The Labute approximate surface area is 145 Å². The van der Waals surface area contributed by atoms with E-state index in [9.17, 15) is 9.59 Å². The number of carbonyl (C=O) groups is 2. The third kappa shape index (κ3) is 5.92. The van der Waals surface area contributed by atoms with Crippen LogP contribution in [0.4, 0.5) is 0 Å². The SMILES string of the molecule is C=CCNC(=O)C(=O)N/N=C\c1cc(Cl)c(OCCC)c(OC)c1. The van der Waals surface area contributed by atoms with Crippen LogP contribution in [0.3, 0.4) is 0 Å². The Bertz CT molecular complexity index is 632. The fourth-order valence-corrected chi connectivity index (χ4v) is 1.89. The smallest absolute Gasteiger partial charge is 0.329 e. The maximum atomic E-state index is 11.5. The zero-order valence-electron chi connectivity index (χ0n) is 13.6. The highest BCUT2D eigenvalue weighted by Gasteiger charge is 2.12. The summed E-state index contributed by atoms with van der Waals surface area (Å²) >= 11 is 6.17. The first-order chi connectivity index (χ1) is 11.5. The molecule has 2 N–H and O–H groups in total. The van der Waals surface area contributed by atoms with Crippen molar-refractivity contribution in [3.05, 3.63) is 35.4 Å². The summed E-state index contributed by atoms with van der Waals surface area (Å²) in [6.07, 6.45) is 3.64. The van der Waals surface area contributed by atoms with Crippen LogP contribution in [0.25, 0.3) is 0 Å². The van der Waals surface area contributed by atoms with Crippen LogP contribution in [0.1, 0.15) is 18.9 Å². The minimum Gasteiger partial charge on any atom is -0.493 e. The van der Waals surface area contributed by atoms with Gasteiger partial charge in [-0.2, -0.15) is 5.10 Å². The molecular weight excluding hydrogens is 334 g/mol. The molecule has 7 nitrogen and oxygen atoms in total. The van der Waals surface area contributed by atoms with Gasteiger partial charge in [0.25, 0.3) is 0 Å². The van der Waals surface area contributed by atoms with E-state index in [4.69, 9.17) is 21.1 Å². The van der Waals surface area contributed by atoms with Crippen LogP contribution in [-0.4, -0.2) is 38.3 Å². The molecule has 0 aliphatic rings. The van der Waals surface area contributed by atoms with Crippen LogP contribution in [0.2, 0.25) is 5.02 Å². The molecule has 0 saturated carbocycles. The van der Waals surface area contributed by atoms with Crippen LogP contribution in [0.5, 0.6) is 11.5 Å². The molecule has 0 unspecified atom stereocenters. The van der Waals surface area contributed by atoms with Crippen LogP contribution < -0.4 is 20.2 Å². The van der Waals surface area contributed by atoms with Gasteiger partial charge in [0.05, 0.1) is 25.0 Å². The van der Waals surface area contributed by atoms with Gasteiger partial charge in [0, 0.05) is 6.54 Å². The molecule has 0 fully saturated rings. The van der Waals surface area contributed by atoms with Crippen molar-refractivity contribution in [1.29, 1.82) is 0 Å². The molecule has 0 aliphatic heterocycles. The van der Waals surface area contributed by atoms with Crippen LogP contribution in [0, 0.1) is 0 Å². The van der Waals surface area contributed by atoms with Gasteiger partial charge in [-0.25, -0.2) is 5.43 Å². The molecule has 1 aromatic rings.